The number of carbonyl (C=O) groups is 1. The third-order valence-electron chi connectivity index (χ3n) is 3.61. The number of nitrogens with zero attached hydrogens (tertiary/aromatic N) is 3. The number of ether oxygens (including phenoxy) is 1. The van der Waals surface area contributed by atoms with Crippen LogP contribution in [0, 0.1) is 6.92 Å². The number of hydrogen-bond donors (Lipinski definition) is 1. The fraction of sp³-hybridized carbons (Fsp3) is 0.389. The molecule has 0 aliphatic carbocycles. The Morgan fingerprint density at radius 2 is 1.96 bits per heavy atom. The SMILES string of the molecule is CCCCN(C)C(=O)c1cc(Nc2ccc(OC)cc2)nc(C)n1. The molecule has 6 heteroatoms. The van der Waals surface area contributed by atoms with Crippen molar-refractivity contribution in [3.8, 4) is 5.75 Å². The zero-order valence-corrected chi connectivity index (χ0v) is 14.7. The summed E-state index contributed by atoms with van der Waals surface area (Å²) in [5.41, 5.74) is 1.27. The smallest absolute Gasteiger partial charge is 0.272 e. The second-order valence-electron chi connectivity index (χ2n) is 5.62. The fourth-order valence-electron chi connectivity index (χ4n) is 2.26. The summed E-state index contributed by atoms with van der Waals surface area (Å²) < 4.78 is 5.14. The van der Waals surface area contributed by atoms with E-state index in [1.165, 1.54) is 0 Å². The van der Waals surface area contributed by atoms with Gasteiger partial charge in [0.25, 0.3) is 5.91 Å². The lowest BCUT2D eigenvalue weighted by molar-refractivity contribution is 0.0787. The van der Waals surface area contributed by atoms with Crippen molar-refractivity contribution in [2.24, 2.45) is 0 Å². The van der Waals surface area contributed by atoms with Gasteiger partial charge >= 0.3 is 0 Å². The second kappa shape index (κ2) is 8.29. The lowest BCUT2D eigenvalue weighted by Gasteiger charge is -2.17. The highest BCUT2D eigenvalue weighted by Gasteiger charge is 2.15. The number of hydrogen-bond acceptors (Lipinski definition) is 5. The van der Waals surface area contributed by atoms with Gasteiger partial charge in [-0.05, 0) is 37.6 Å². The quantitative estimate of drug-likeness (QED) is 0.843. The van der Waals surface area contributed by atoms with Crippen molar-refractivity contribution in [1.29, 1.82) is 0 Å². The van der Waals surface area contributed by atoms with E-state index < -0.39 is 0 Å². The molecule has 1 aromatic heterocycles. The Balaban J connectivity index is 2.16. The largest absolute Gasteiger partial charge is 0.497 e. The second-order valence-corrected chi connectivity index (χ2v) is 5.62. The van der Waals surface area contributed by atoms with E-state index in [9.17, 15) is 4.79 Å². The molecule has 1 N–H and O–H groups in total. The van der Waals surface area contributed by atoms with Crippen LogP contribution in [0.15, 0.2) is 30.3 Å². The normalized spacial score (nSPS) is 10.3. The van der Waals surface area contributed by atoms with Gasteiger partial charge in [-0.1, -0.05) is 13.3 Å². The van der Waals surface area contributed by atoms with Gasteiger partial charge < -0.3 is 15.0 Å². The molecule has 0 atom stereocenters. The standard InChI is InChI=1S/C18H24N4O2/c1-5-6-11-22(3)18(23)16-12-17(20-13(2)19-16)21-14-7-9-15(24-4)10-8-14/h7-10,12H,5-6,11H2,1-4H3,(H,19,20,21). The number of unbranched alkanes of at least 4 members (excludes halogenated alkanes) is 1. The lowest BCUT2D eigenvalue weighted by Crippen LogP contribution is -2.28. The summed E-state index contributed by atoms with van der Waals surface area (Å²) in [5, 5.41) is 3.20. The first-order valence-corrected chi connectivity index (χ1v) is 8.05. The van der Waals surface area contributed by atoms with Crippen molar-refractivity contribution in [3.05, 3.63) is 41.9 Å². The van der Waals surface area contributed by atoms with Crippen molar-refractivity contribution >= 4 is 17.4 Å². The van der Waals surface area contributed by atoms with E-state index >= 15 is 0 Å². The van der Waals surface area contributed by atoms with E-state index in [0.29, 0.717) is 17.3 Å². The Hall–Kier alpha value is -2.63. The van der Waals surface area contributed by atoms with E-state index in [-0.39, 0.29) is 5.91 Å². The Kier molecular flexibility index (Phi) is 6.12. The number of aromatic nitrogens is 2. The molecule has 0 aliphatic rings. The maximum atomic E-state index is 12.5. The van der Waals surface area contributed by atoms with Crippen molar-refractivity contribution in [2.75, 3.05) is 26.0 Å². The van der Waals surface area contributed by atoms with Crippen molar-refractivity contribution in [3.63, 3.8) is 0 Å². The van der Waals surface area contributed by atoms with Crippen LogP contribution in [0.5, 0.6) is 5.75 Å². The Labute approximate surface area is 142 Å². The first-order chi connectivity index (χ1) is 11.5. The molecular formula is C18H24N4O2. The predicted octanol–water partition coefficient (Wildman–Crippen LogP) is 3.41. The van der Waals surface area contributed by atoms with E-state index in [4.69, 9.17) is 4.74 Å². The third-order valence-corrected chi connectivity index (χ3v) is 3.61. The molecule has 0 unspecified atom stereocenters. The molecule has 0 aliphatic heterocycles. The van der Waals surface area contributed by atoms with E-state index in [0.717, 1.165) is 30.8 Å². The summed E-state index contributed by atoms with van der Waals surface area (Å²) in [7, 11) is 3.43. The molecular weight excluding hydrogens is 304 g/mol. The number of nitrogens with one attached hydrogen (secondary N) is 1. The Bertz CT molecular complexity index is 686. The van der Waals surface area contributed by atoms with Gasteiger partial charge in [-0.3, -0.25) is 4.79 Å². The van der Waals surface area contributed by atoms with Crippen LogP contribution in [0.2, 0.25) is 0 Å². The fourth-order valence-corrected chi connectivity index (χ4v) is 2.26. The van der Waals surface area contributed by atoms with Crippen molar-refractivity contribution in [2.45, 2.75) is 26.7 Å². The molecule has 0 saturated heterocycles. The minimum absolute atomic E-state index is 0.0910. The molecule has 128 valence electrons. The monoisotopic (exact) mass is 328 g/mol. The first kappa shape index (κ1) is 17.7. The van der Waals surface area contributed by atoms with Crippen molar-refractivity contribution in [1.82, 2.24) is 14.9 Å². The Morgan fingerprint density at radius 1 is 1.25 bits per heavy atom. The van der Waals surface area contributed by atoms with Gasteiger partial charge in [0.1, 0.15) is 23.1 Å². The minimum atomic E-state index is -0.0910. The van der Waals surface area contributed by atoms with Crippen molar-refractivity contribution < 1.29 is 9.53 Å². The van der Waals surface area contributed by atoms with Crippen LogP contribution in [0.25, 0.3) is 0 Å². The molecule has 1 heterocycles. The van der Waals surface area contributed by atoms with Gasteiger partial charge in [-0.25, -0.2) is 9.97 Å². The maximum absolute atomic E-state index is 12.5. The number of rotatable bonds is 7. The summed E-state index contributed by atoms with van der Waals surface area (Å²) in [6.45, 7) is 4.60. The van der Waals surface area contributed by atoms with E-state index in [2.05, 4.69) is 22.2 Å². The van der Waals surface area contributed by atoms with Crippen LogP contribution >= 0.6 is 0 Å². The first-order valence-electron chi connectivity index (χ1n) is 8.05. The van der Waals surface area contributed by atoms with Gasteiger partial charge in [0.05, 0.1) is 7.11 Å². The van der Waals surface area contributed by atoms with E-state index in [1.54, 1.807) is 32.0 Å². The van der Waals surface area contributed by atoms with Crippen LogP contribution in [0.4, 0.5) is 11.5 Å². The minimum Gasteiger partial charge on any atom is -0.497 e. The van der Waals surface area contributed by atoms with Gasteiger partial charge in [-0.15, -0.1) is 0 Å². The molecule has 1 amide bonds. The Morgan fingerprint density at radius 3 is 2.58 bits per heavy atom. The topological polar surface area (TPSA) is 67.4 Å². The average molecular weight is 328 g/mol. The number of carbonyl (C=O) groups excluding carboxylic acids is 1. The number of anilines is 2. The highest BCUT2D eigenvalue weighted by Crippen LogP contribution is 2.19. The van der Waals surface area contributed by atoms with Crippen LogP contribution < -0.4 is 10.1 Å². The highest BCUT2D eigenvalue weighted by molar-refractivity contribution is 5.93. The third kappa shape index (κ3) is 4.68. The maximum Gasteiger partial charge on any atom is 0.272 e. The molecule has 24 heavy (non-hydrogen) atoms. The molecule has 0 radical (unpaired) electrons. The van der Waals surface area contributed by atoms with Crippen LogP contribution in [-0.4, -0.2) is 41.5 Å². The zero-order chi connectivity index (χ0) is 17.5. The van der Waals surface area contributed by atoms with Gasteiger partial charge in [0, 0.05) is 25.3 Å². The summed E-state index contributed by atoms with van der Waals surface area (Å²) in [4.78, 5) is 22.8. The predicted molar refractivity (Wildman–Crippen MR) is 94.9 cm³/mol. The average Bonchev–Trinajstić information content (AvgIpc) is 2.59. The van der Waals surface area contributed by atoms with Gasteiger partial charge in [0.15, 0.2) is 0 Å². The van der Waals surface area contributed by atoms with Crippen LogP contribution in [0.1, 0.15) is 36.1 Å². The summed E-state index contributed by atoms with van der Waals surface area (Å²) in [5.74, 6) is 1.85. The van der Waals surface area contributed by atoms with Crippen LogP contribution in [-0.2, 0) is 0 Å². The lowest BCUT2D eigenvalue weighted by atomic mass is 10.2. The van der Waals surface area contributed by atoms with Gasteiger partial charge in [0.2, 0.25) is 0 Å². The highest BCUT2D eigenvalue weighted by atomic mass is 16.5. The molecule has 0 saturated carbocycles. The number of amides is 1. The molecule has 0 fully saturated rings. The molecule has 0 spiro atoms. The number of benzene rings is 1. The summed E-state index contributed by atoms with van der Waals surface area (Å²) >= 11 is 0. The van der Waals surface area contributed by atoms with E-state index in [1.807, 2.05) is 24.3 Å². The molecule has 2 aromatic rings. The molecule has 1 aromatic carbocycles. The zero-order valence-electron chi connectivity index (χ0n) is 14.7. The number of aryl methyl sites for hydroxylation is 1. The van der Waals surface area contributed by atoms with Gasteiger partial charge in [-0.2, -0.15) is 0 Å². The molecule has 6 nitrogen and oxygen atoms in total. The summed E-state index contributed by atoms with van der Waals surface area (Å²) in [6.07, 6.45) is 2.02. The summed E-state index contributed by atoms with van der Waals surface area (Å²) in [6, 6.07) is 9.19. The molecule has 2 rings (SSSR count). The number of methoxy groups -OCH3 is 1. The molecule has 0 bridgehead atoms. The van der Waals surface area contributed by atoms with Crippen LogP contribution in [0.3, 0.4) is 0 Å².